The number of rotatable bonds is 12. The number of morpholine rings is 1. The highest BCUT2D eigenvalue weighted by Gasteiger charge is 2.54. The van der Waals surface area contributed by atoms with E-state index in [0.29, 0.717) is 41.2 Å². The molecule has 10 heteroatoms. The average molecular weight is 642 g/mol. The molecule has 1 aliphatic carbocycles. The van der Waals surface area contributed by atoms with Crippen LogP contribution in [0.1, 0.15) is 24.0 Å². The van der Waals surface area contributed by atoms with E-state index in [1.54, 1.807) is 37.6 Å². The molecule has 3 heterocycles. The van der Waals surface area contributed by atoms with Gasteiger partial charge in [-0.2, -0.15) is 0 Å². The fraction of sp³-hybridized carbons (Fsp3) is 0.378. The van der Waals surface area contributed by atoms with Crippen LogP contribution in [0.5, 0.6) is 17.2 Å². The molecule has 0 spiro atoms. The summed E-state index contributed by atoms with van der Waals surface area (Å²) in [5.74, 6) is 0.342. The van der Waals surface area contributed by atoms with Crippen molar-refractivity contribution in [3.05, 3.63) is 89.6 Å². The maximum absolute atomic E-state index is 15.4. The van der Waals surface area contributed by atoms with Gasteiger partial charge in [0.1, 0.15) is 28.5 Å². The Morgan fingerprint density at radius 1 is 0.894 bits per heavy atom. The molecule has 47 heavy (non-hydrogen) atoms. The number of hydrogen-bond donors (Lipinski definition) is 0. The van der Waals surface area contributed by atoms with Gasteiger partial charge < -0.3 is 19.1 Å². The van der Waals surface area contributed by atoms with Crippen molar-refractivity contribution >= 4 is 28.2 Å². The van der Waals surface area contributed by atoms with E-state index < -0.39 is 11.2 Å². The van der Waals surface area contributed by atoms with Gasteiger partial charge in [-0.1, -0.05) is 18.2 Å². The van der Waals surface area contributed by atoms with Crippen molar-refractivity contribution in [2.45, 2.75) is 25.7 Å². The number of benzene rings is 3. The molecule has 8 nitrogen and oxygen atoms in total. The Morgan fingerprint density at radius 2 is 1.57 bits per heavy atom. The summed E-state index contributed by atoms with van der Waals surface area (Å²) in [6.07, 6.45) is 2.60. The summed E-state index contributed by atoms with van der Waals surface area (Å²) < 4.78 is 46.0. The third-order valence-corrected chi connectivity index (χ3v) is 9.60. The minimum Gasteiger partial charge on any atom is -0.494 e. The number of fused-ring (bicyclic) bond motifs is 1. The van der Waals surface area contributed by atoms with Crippen LogP contribution >= 0.6 is 0 Å². The van der Waals surface area contributed by atoms with Crippen molar-refractivity contribution < 1.29 is 32.6 Å². The summed E-state index contributed by atoms with van der Waals surface area (Å²) in [7, 11) is 1.64. The highest BCUT2D eigenvalue weighted by Crippen LogP contribution is 2.49. The Bertz CT molecular complexity index is 1800. The summed E-state index contributed by atoms with van der Waals surface area (Å²) in [4.78, 5) is 35.7. The van der Waals surface area contributed by atoms with Crippen LogP contribution in [-0.4, -0.2) is 74.5 Å². The van der Waals surface area contributed by atoms with E-state index in [4.69, 9.17) is 14.2 Å². The molecule has 7 rings (SSSR count). The second-order valence-corrected chi connectivity index (χ2v) is 12.8. The number of halogens is 2. The van der Waals surface area contributed by atoms with Crippen LogP contribution < -0.4 is 14.4 Å². The molecule has 1 saturated carbocycles. The number of aromatic nitrogens is 1. The van der Waals surface area contributed by atoms with Crippen LogP contribution in [-0.2, 0) is 27.2 Å². The first-order chi connectivity index (χ1) is 22.8. The van der Waals surface area contributed by atoms with Gasteiger partial charge in [0, 0.05) is 63.1 Å². The van der Waals surface area contributed by atoms with E-state index in [1.165, 1.54) is 24.3 Å². The number of carbonyl (C=O) groups excluding carboxylic acids is 2. The van der Waals surface area contributed by atoms with Crippen molar-refractivity contribution in [1.29, 1.82) is 0 Å². The smallest absolute Gasteiger partial charge is 0.166 e. The molecule has 3 fully saturated rings. The summed E-state index contributed by atoms with van der Waals surface area (Å²) in [5.41, 5.74) is 1.69. The number of Topliss-reactive ketones (excluding diaryl/α,β-unsaturated/α-hetero) is 2. The molecule has 0 unspecified atom stereocenters. The Balaban J connectivity index is 1.04. The van der Waals surface area contributed by atoms with Crippen molar-refractivity contribution in [3.8, 4) is 17.2 Å². The summed E-state index contributed by atoms with van der Waals surface area (Å²) in [6.45, 7) is 6.28. The van der Waals surface area contributed by atoms with Crippen LogP contribution in [0.25, 0.3) is 10.9 Å². The van der Waals surface area contributed by atoms with Gasteiger partial charge in [-0.05, 0) is 66.4 Å². The van der Waals surface area contributed by atoms with Gasteiger partial charge in [-0.25, -0.2) is 8.78 Å². The summed E-state index contributed by atoms with van der Waals surface area (Å²) in [6, 6.07) is 15.6. The first-order valence-electron chi connectivity index (χ1n) is 16.1. The summed E-state index contributed by atoms with van der Waals surface area (Å²) >= 11 is 0. The molecule has 2 aliphatic heterocycles. The van der Waals surface area contributed by atoms with E-state index in [0.717, 1.165) is 62.8 Å². The van der Waals surface area contributed by atoms with Gasteiger partial charge in [0.05, 0.1) is 25.7 Å². The summed E-state index contributed by atoms with van der Waals surface area (Å²) in [5, 5.41) is 0.730. The van der Waals surface area contributed by atoms with E-state index in [9.17, 15) is 14.0 Å². The average Bonchev–Trinajstić information content (AvgIpc) is 3.88. The third kappa shape index (κ3) is 6.44. The number of hydrogen-bond acceptors (Lipinski definition) is 8. The molecular weight excluding hydrogens is 604 g/mol. The number of carbonyl (C=O) groups is 2. The topological polar surface area (TPSA) is 81.2 Å². The van der Waals surface area contributed by atoms with E-state index in [2.05, 4.69) is 14.8 Å². The molecule has 0 atom stereocenters. The molecule has 0 bridgehead atoms. The number of ether oxygens (including phenoxy) is 3. The Morgan fingerprint density at radius 3 is 2.26 bits per heavy atom. The third-order valence-electron chi connectivity index (χ3n) is 9.60. The zero-order valence-corrected chi connectivity index (χ0v) is 26.3. The normalized spacial score (nSPS) is 17.7. The van der Waals surface area contributed by atoms with Gasteiger partial charge in [-0.15, -0.1) is 0 Å². The first-order valence-corrected chi connectivity index (χ1v) is 16.1. The van der Waals surface area contributed by atoms with E-state index >= 15 is 4.39 Å². The quantitative estimate of drug-likeness (QED) is 0.180. The van der Waals surface area contributed by atoms with Crippen molar-refractivity contribution in [3.63, 3.8) is 0 Å². The van der Waals surface area contributed by atoms with Gasteiger partial charge >= 0.3 is 0 Å². The number of pyridine rings is 1. The molecule has 4 aromatic rings. The zero-order valence-electron chi connectivity index (χ0n) is 26.3. The predicted molar refractivity (Wildman–Crippen MR) is 173 cm³/mol. The van der Waals surface area contributed by atoms with Gasteiger partial charge in [-0.3, -0.25) is 19.5 Å². The lowest BCUT2D eigenvalue weighted by atomic mass is 9.88. The van der Waals surface area contributed by atoms with Gasteiger partial charge in [0.2, 0.25) is 0 Å². The standard InChI is InChI=1S/C37H37F2N3O5/c1-45-32-9-7-28-30(10-13-40-35(28)36(32)42-22-26(23-42)21-41-14-16-46-17-15-41)47-31-8-4-25(18-29(31)39)20-34(44)37(11-12-37)33(43)19-24-2-5-27(38)6-3-24/h2-10,13,18,26H,11-12,14-17,19-23H2,1H3. The number of nitrogens with zero attached hydrogens (tertiary/aromatic N) is 3. The van der Waals surface area contributed by atoms with Crippen LogP contribution in [0.3, 0.4) is 0 Å². The van der Waals surface area contributed by atoms with Crippen LogP contribution in [0.4, 0.5) is 14.5 Å². The lowest BCUT2D eigenvalue weighted by Gasteiger charge is -2.44. The fourth-order valence-corrected chi connectivity index (χ4v) is 6.74. The van der Waals surface area contributed by atoms with E-state index in [-0.39, 0.29) is 36.0 Å². The largest absolute Gasteiger partial charge is 0.494 e. The molecule has 3 aromatic carbocycles. The minimum atomic E-state index is -1.05. The van der Waals surface area contributed by atoms with E-state index in [1.807, 2.05) is 12.1 Å². The molecule has 0 radical (unpaired) electrons. The lowest BCUT2D eigenvalue weighted by molar-refractivity contribution is -0.133. The van der Waals surface area contributed by atoms with Gasteiger partial charge in [0.25, 0.3) is 0 Å². The maximum Gasteiger partial charge on any atom is 0.166 e. The molecule has 244 valence electrons. The lowest BCUT2D eigenvalue weighted by Crippen LogP contribution is -2.53. The molecule has 0 amide bonds. The fourth-order valence-electron chi connectivity index (χ4n) is 6.74. The second kappa shape index (κ2) is 13.0. The molecule has 3 aliphatic rings. The predicted octanol–water partition coefficient (Wildman–Crippen LogP) is 5.79. The van der Waals surface area contributed by atoms with Crippen LogP contribution in [0, 0.1) is 23.0 Å². The first kappa shape index (κ1) is 31.2. The monoisotopic (exact) mass is 641 g/mol. The maximum atomic E-state index is 15.4. The van der Waals surface area contributed by atoms with Crippen molar-refractivity contribution in [2.75, 3.05) is 57.9 Å². The number of methoxy groups -OCH3 is 1. The van der Waals surface area contributed by atoms with Gasteiger partial charge in [0.15, 0.2) is 23.1 Å². The molecular formula is C37H37F2N3O5. The Kier molecular flexibility index (Phi) is 8.63. The highest BCUT2D eigenvalue weighted by molar-refractivity contribution is 6.11. The molecule has 2 saturated heterocycles. The van der Waals surface area contributed by atoms with Crippen LogP contribution in [0.2, 0.25) is 0 Å². The van der Waals surface area contributed by atoms with Crippen LogP contribution in [0.15, 0.2) is 66.9 Å². The second-order valence-electron chi connectivity index (χ2n) is 12.8. The van der Waals surface area contributed by atoms with Crippen molar-refractivity contribution in [2.24, 2.45) is 11.3 Å². The SMILES string of the molecule is COc1ccc2c(Oc3ccc(CC(=O)C4(C(=O)Cc5ccc(F)cc5)CC4)cc3F)ccnc2c1N1CC(CN2CCOCC2)C1. The molecule has 1 aromatic heterocycles. The minimum absolute atomic E-state index is 0.0223. The molecule has 0 N–H and O–H groups in total. The van der Waals surface area contributed by atoms with Crippen molar-refractivity contribution in [1.82, 2.24) is 9.88 Å². The highest BCUT2D eigenvalue weighted by atomic mass is 19.1. The number of ketones is 2. The zero-order chi connectivity index (χ0) is 32.5. The number of anilines is 1. The Labute approximate surface area is 272 Å². The Hall–Kier alpha value is -4.41.